The van der Waals surface area contributed by atoms with Crippen LogP contribution < -0.4 is 11.1 Å². The van der Waals surface area contributed by atoms with Crippen LogP contribution in [0.25, 0.3) is 0 Å². The van der Waals surface area contributed by atoms with Crippen LogP contribution in [-0.2, 0) is 16.0 Å². The molecule has 9 heteroatoms. The van der Waals surface area contributed by atoms with Crippen molar-refractivity contribution >= 4 is 11.9 Å². The number of hydrogen-bond donors (Lipinski definition) is 3. The standard InChI is InChI=1S/C10H13FN2O.C2HF3O2/c11-9-4-2-1-3-8(9)5-6-13-7-10(12)14;3-2(4,5)1(6)7/h1-4,13H,5-7H2,(H2,12,14);(H,6,7). The molecule has 1 aromatic carbocycles. The van der Waals surface area contributed by atoms with E-state index in [9.17, 15) is 22.4 Å². The second kappa shape index (κ2) is 8.90. The van der Waals surface area contributed by atoms with Gasteiger partial charge in [0.05, 0.1) is 6.54 Å². The van der Waals surface area contributed by atoms with Crippen molar-refractivity contribution in [2.24, 2.45) is 5.73 Å². The summed E-state index contributed by atoms with van der Waals surface area (Å²) in [6.45, 7) is 0.679. The van der Waals surface area contributed by atoms with Crippen LogP contribution in [0.2, 0.25) is 0 Å². The van der Waals surface area contributed by atoms with Gasteiger partial charge in [-0.15, -0.1) is 0 Å². The number of nitrogens with two attached hydrogens (primary N) is 1. The minimum absolute atomic E-state index is 0.133. The predicted octanol–water partition coefficient (Wildman–Crippen LogP) is 1.08. The van der Waals surface area contributed by atoms with E-state index in [-0.39, 0.29) is 12.4 Å². The van der Waals surface area contributed by atoms with E-state index in [0.717, 1.165) is 0 Å². The molecule has 4 N–H and O–H groups in total. The van der Waals surface area contributed by atoms with Gasteiger partial charge < -0.3 is 16.2 Å². The van der Waals surface area contributed by atoms with E-state index in [1.54, 1.807) is 18.2 Å². The zero-order valence-electron chi connectivity index (χ0n) is 10.8. The summed E-state index contributed by atoms with van der Waals surface area (Å²) in [4.78, 5) is 19.3. The molecule has 0 aliphatic carbocycles. The Bertz CT molecular complexity index is 478. The molecule has 0 radical (unpaired) electrons. The number of carbonyl (C=O) groups is 2. The number of carboxylic acids is 1. The number of hydrogen-bond acceptors (Lipinski definition) is 3. The average Bonchev–Trinajstić information content (AvgIpc) is 2.36. The second-order valence-electron chi connectivity index (χ2n) is 3.79. The highest BCUT2D eigenvalue weighted by Crippen LogP contribution is 2.13. The molecule has 0 aromatic heterocycles. The summed E-state index contributed by atoms with van der Waals surface area (Å²) in [5, 5.41) is 9.94. The number of carboxylic acid groups (broad SMARTS) is 1. The summed E-state index contributed by atoms with van der Waals surface area (Å²) >= 11 is 0. The summed E-state index contributed by atoms with van der Waals surface area (Å²) in [5.74, 6) is -3.38. The maximum atomic E-state index is 13.1. The molecule has 0 saturated heterocycles. The van der Waals surface area contributed by atoms with E-state index < -0.39 is 18.1 Å². The van der Waals surface area contributed by atoms with E-state index in [1.165, 1.54) is 6.07 Å². The van der Waals surface area contributed by atoms with Crippen molar-refractivity contribution in [1.29, 1.82) is 0 Å². The normalized spacial score (nSPS) is 10.5. The molecule has 1 amide bonds. The Hall–Kier alpha value is -2.16. The first kappa shape index (κ1) is 18.8. The Kier molecular flexibility index (Phi) is 7.99. The lowest BCUT2D eigenvalue weighted by Gasteiger charge is -2.03. The first-order valence-corrected chi connectivity index (χ1v) is 5.67. The van der Waals surface area contributed by atoms with Gasteiger partial charge in [0.25, 0.3) is 0 Å². The summed E-state index contributed by atoms with van der Waals surface area (Å²) < 4.78 is 44.8. The van der Waals surface area contributed by atoms with Crippen molar-refractivity contribution in [3.05, 3.63) is 35.6 Å². The van der Waals surface area contributed by atoms with Gasteiger partial charge in [-0.1, -0.05) is 18.2 Å². The maximum Gasteiger partial charge on any atom is 0.490 e. The predicted molar refractivity (Wildman–Crippen MR) is 65.9 cm³/mol. The topological polar surface area (TPSA) is 92.4 Å². The van der Waals surface area contributed by atoms with Gasteiger partial charge in [0, 0.05) is 0 Å². The van der Waals surface area contributed by atoms with Gasteiger partial charge in [-0.05, 0) is 24.6 Å². The Morgan fingerprint density at radius 3 is 2.19 bits per heavy atom. The van der Waals surface area contributed by atoms with Crippen molar-refractivity contribution in [3.8, 4) is 0 Å². The van der Waals surface area contributed by atoms with E-state index >= 15 is 0 Å². The quantitative estimate of drug-likeness (QED) is 0.560. The van der Waals surface area contributed by atoms with Crippen LogP contribution in [0.3, 0.4) is 0 Å². The molecule has 1 rings (SSSR count). The number of halogens is 4. The zero-order valence-corrected chi connectivity index (χ0v) is 10.8. The van der Waals surface area contributed by atoms with Crippen molar-refractivity contribution in [1.82, 2.24) is 5.32 Å². The summed E-state index contributed by atoms with van der Waals surface area (Å²) in [6.07, 6.45) is -4.53. The minimum Gasteiger partial charge on any atom is -0.475 e. The molecule has 0 aliphatic rings. The lowest BCUT2D eigenvalue weighted by Crippen LogP contribution is -2.30. The first-order valence-electron chi connectivity index (χ1n) is 5.67. The Balaban J connectivity index is 0.000000486. The molecule has 0 spiro atoms. The molecule has 0 fully saturated rings. The molecule has 5 nitrogen and oxygen atoms in total. The van der Waals surface area contributed by atoms with Gasteiger partial charge in [-0.3, -0.25) is 4.79 Å². The van der Waals surface area contributed by atoms with Crippen LogP contribution in [0.1, 0.15) is 5.56 Å². The summed E-state index contributed by atoms with van der Waals surface area (Å²) in [5.41, 5.74) is 5.57. The highest BCUT2D eigenvalue weighted by atomic mass is 19.4. The smallest absolute Gasteiger partial charge is 0.475 e. The number of rotatable bonds is 5. The van der Waals surface area contributed by atoms with Gasteiger partial charge in [0.1, 0.15) is 5.82 Å². The maximum absolute atomic E-state index is 13.1. The molecule has 118 valence electrons. The molecule has 0 bridgehead atoms. The largest absolute Gasteiger partial charge is 0.490 e. The first-order chi connectivity index (χ1) is 9.64. The fraction of sp³-hybridized carbons (Fsp3) is 0.333. The average molecular weight is 310 g/mol. The summed E-state index contributed by atoms with van der Waals surface area (Å²) in [6, 6.07) is 6.58. The van der Waals surface area contributed by atoms with E-state index in [4.69, 9.17) is 15.6 Å². The number of primary amides is 1. The molecule has 0 atom stereocenters. The Morgan fingerprint density at radius 2 is 1.76 bits per heavy atom. The van der Waals surface area contributed by atoms with Crippen molar-refractivity contribution in [2.75, 3.05) is 13.1 Å². The monoisotopic (exact) mass is 310 g/mol. The van der Waals surface area contributed by atoms with Crippen molar-refractivity contribution < 1.29 is 32.3 Å². The molecule has 0 aliphatic heterocycles. The summed E-state index contributed by atoms with van der Waals surface area (Å²) in [7, 11) is 0. The molecule has 1 aromatic rings. The van der Waals surface area contributed by atoms with Crippen LogP contribution >= 0.6 is 0 Å². The Morgan fingerprint density at radius 1 is 1.24 bits per heavy atom. The number of amides is 1. The Labute approximate surface area is 117 Å². The minimum atomic E-state index is -5.08. The van der Waals surface area contributed by atoms with Crippen LogP contribution in [-0.4, -0.2) is 36.2 Å². The van der Waals surface area contributed by atoms with Gasteiger partial charge in [0.2, 0.25) is 5.91 Å². The molecule has 0 heterocycles. The third-order valence-electron chi connectivity index (χ3n) is 2.07. The van der Waals surface area contributed by atoms with E-state index in [2.05, 4.69) is 5.32 Å². The fourth-order valence-electron chi connectivity index (χ4n) is 1.14. The third-order valence-corrected chi connectivity index (χ3v) is 2.07. The van der Waals surface area contributed by atoms with Crippen molar-refractivity contribution in [3.63, 3.8) is 0 Å². The molecule has 0 saturated carbocycles. The number of alkyl halides is 3. The van der Waals surface area contributed by atoms with Crippen LogP contribution in [0.4, 0.5) is 17.6 Å². The van der Waals surface area contributed by atoms with Crippen LogP contribution in [0.15, 0.2) is 24.3 Å². The number of carbonyl (C=O) groups excluding carboxylic acids is 1. The lowest BCUT2D eigenvalue weighted by molar-refractivity contribution is -0.192. The number of nitrogens with one attached hydrogen (secondary N) is 1. The highest BCUT2D eigenvalue weighted by molar-refractivity contribution is 5.75. The van der Waals surface area contributed by atoms with Gasteiger partial charge in [-0.25, -0.2) is 9.18 Å². The van der Waals surface area contributed by atoms with Crippen molar-refractivity contribution in [2.45, 2.75) is 12.6 Å². The molecule has 0 unspecified atom stereocenters. The third kappa shape index (κ3) is 9.38. The SMILES string of the molecule is NC(=O)CNCCc1ccccc1F.O=C(O)C(F)(F)F. The van der Waals surface area contributed by atoms with Crippen LogP contribution in [0, 0.1) is 5.82 Å². The van der Waals surface area contributed by atoms with Crippen LogP contribution in [0.5, 0.6) is 0 Å². The van der Waals surface area contributed by atoms with Gasteiger partial charge in [0.15, 0.2) is 0 Å². The number of aliphatic carboxylic acids is 1. The number of benzene rings is 1. The molecular weight excluding hydrogens is 296 g/mol. The molecule has 21 heavy (non-hydrogen) atoms. The van der Waals surface area contributed by atoms with Gasteiger partial charge in [-0.2, -0.15) is 13.2 Å². The second-order valence-corrected chi connectivity index (χ2v) is 3.79. The highest BCUT2D eigenvalue weighted by Gasteiger charge is 2.38. The fourth-order valence-corrected chi connectivity index (χ4v) is 1.14. The molecular formula is C12H14F4N2O3. The van der Waals surface area contributed by atoms with E-state index in [1.807, 2.05) is 0 Å². The lowest BCUT2D eigenvalue weighted by atomic mass is 10.1. The zero-order chi connectivity index (χ0) is 16.5. The van der Waals surface area contributed by atoms with E-state index in [0.29, 0.717) is 18.5 Å². The van der Waals surface area contributed by atoms with Gasteiger partial charge >= 0.3 is 12.1 Å².